The predicted molar refractivity (Wildman–Crippen MR) is 70.1 cm³/mol. The van der Waals surface area contributed by atoms with Gasteiger partial charge < -0.3 is 5.32 Å². The first-order valence-electron chi connectivity index (χ1n) is 5.58. The molecule has 0 radical (unpaired) electrons. The van der Waals surface area contributed by atoms with E-state index in [0.717, 1.165) is 23.6 Å². The molecule has 1 atom stereocenters. The molecule has 1 unspecified atom stereocenters. The van der Waals surface area contributed by atoms with Crippen LogP contribution in [0.5, 0.6) is 0 Å². The zero-order chi connectivity index (χ0) is 11.4. The fourth-order valence-corrected chi connectivity index (χ4v) is 2.37. The molecule has 0 saturated heterocycles. The zero-order valence-corrected chi connectivity index (χ0v) is 10.6. The van der Waals surface area contributed by atoms with Gasteiger partial charge in [0.25, 0.3) is 0 Å². The normalized spacial score (nSPS) is 20.0. The average molecular weight is 256 g/mol. The van der Waals surface area contributed by atoms with Crippen LogP contribution >= 0.6 is 23.2 Å². The SMILES string of the molecule is Clc1ccc(CNC2CC=CCC2)c(Cl)c1. The molecule has 0 spiro atoms. The smallest absolute Gasteiger partial charge is 0.0465 e. The second-order valence-electron chi connectivity index (χ2n) is 4.10. The Morgan fingerprint density at radius 1 is 1.25 bits per heavy atom. The van der Waals surface area contributed by atoms with Crippen LogP contribution in [-0.2, 0) is 6.54 Å². The van der Waals surface area contributed by atoms with Gasteiger partial charge in [-0.25, -0.2) is 0 Å². The van der Waals surface area contributed by atoms with Gasteiger partial charge in [0.15, 0.2) is 0 Å². The lowest BCUT2D eigenvalue weighted by atomic mass is 10.0. The van der Waals surface area contributed by atoms with Crippen LogP contribution in [0.1, 0.15) is 24.8 Å². The summed E-state index contributed by atoms with van der Waals surface area (Å²) in [6, 6.07) is 6.24. The highest BCUT2D eigenvalue weighted by atomic mass is 35.5. The minimum atomic E-state index is 0.580. The summed E-state index contributed by atoms with van der Waals surface area (Å²) in [5.74, 6) is 0. The topological polar surface area (TPSA) is 12.0 Å². The van der Waals surface area contributed by atoms with Crippen molar-refractivity contribution in [1.29, 1.82) is 0 Å². The molecular formula is C13H15Cl2N. The Morgan fingerprint density at radius 2 is 2.12 bits per heavy atom. The maximum atomic E-state index is 6.11. The van der Waals surface area contributed by atoms with Crippen molar-refractivity contribution in [2.24, 2.45) is 0 Å². The molecular weight excluding hydrogens is 241 g/mol. The van der Waals surface area contributed by atoms with Crippen molar-refractivity contribution in [3.05, 3.63) is 46.0 Å². The van der Waals surface area contributed by atoms with Crippen molar-refractivity contribution >= 4 is 23.2 Å². The molecule has 0 amide bonds. The molecule has 1 aromatic rings. The van der Waals surface area contributed by atoms with Crippen LogP contribution in [-0.4, -0.2) is 6.04 Å². The quantitative estimate of drug-likeness (QED) is 0.799. The van der Waals surface area contributed by atoms with Gasteiger partial charge in [0.1, 0.15) is 0 Å². The summed E-state index contributed by atoms with van der Waals surface area (Å²) in [7, 11) is 0. The predicted octanol–water partition coefficient (Wildman–Crippen LogP) is 4.19. The maximum absolute atomic E-state index is 6.11. The van der Waals surface area contributed by atoms with E-state index < -0.39 is 0 Å². The molecule has 1 aliphatic rings. The molecule has 1 N–H and O–H groups in total. The molecule has 1 aromatic carbocycles. The number of nitrogens with one attached hydrogen (secondary N) is 1. The van der Waals surface area contributed by atoms with Gasteiger partial charge in [-0.15, -0.1) is 0 Å². The lowest BCUT2D eigenvalue weighted by molar-refractivity contribution is 0.474. The van der Waals surface area contributed by atoms with E-state index in [-0.39, 0.29) is 0 Å². The fraction of sp³-hybridized carbons (Fsp3) is 0.385. The van der Waals surface area contributed by atoms with Gasteiger partial charge in [-0.1, -0.05) is 41.4 Å². The van der Waals surface area contributed by atoms with E-state index >= 15 is 0 Å². The van der Waals surface area contributed by atoms with Gasteiger partial charge in [-0.05, 0) is 37.0 Å². The monoisotopic (exact) mass is 255 g/mol. The van der Waals surface area contributed by atoms with E-state index in [2.05, 4.69) is 17.5 Å². The van der Waals surface area contributed by atoms with Crippen LogP contribution in [0, 0.1) is 0 Å². The highest BCUT2D eigenvalue weighted by Gasteiger charge is 2.09. The third kappa shape index (κ3) is 3.24. The molecule has 1 nitrogen and oxygen atoms in total. The molecule has 16 heavy (non-hydrogen) atoms. The van der Waals surface area contributed by atoms with Crippen molar-refractivity contribution in [2.45, 2.75) is 31.8 Å². The van der Waals surface area contributed by atoms with E-state index in [0.29, 0.717) is 11.1 Å². The summed E-state index contributed by atoms with van der Waals surface area (Å²) in [5, 5.41) is 4.95. The fourth-order valence-electron chi connectivity index (χ4n) is 1.90. The van der Waals surface area contributed by atoms with E-state index in [1.165, 1.54) is 12.8 Å². The van der Waals surface area contributed by atoms with Crippen molar-refractivity contribution in [1.82, 2.24) is 5.32 Å². The standard InChI is InChI=1S/C13H15Cl2N/c14-11-7-6-10(13(15)8-11)9-16-12-4-2-1-3-5-12/h1-2,6-8,12,16H,3-5,9H2. The van der Waals surface area contributed by atoms with Gasteiger partial charge >= 0.3 is 0 Å². The Labute approximate surface area is 106 Å². The Morgan fingerprint density at radius 3 is 2.81 bits per heavy atom. The molecule has 3 heteroatoms. The average Bonchev–Trinajstić information content (AvgIpc) is 2.29. The largest absolute Gasteiger partial charge is 0.310 e. The molecule has 0 aliphatic heterocycles. The summed E-state index contributed by atoms with van der Waals surface area (Å²) in [6.07, 6.45) is 7.98. The third-order valence-corrected chi connectivity index (χ3v) is 3.45. The second kappa shape index (κ2) is 5.72. The number of rotatable bonds is 3. The van der Waals surface area contributed by atoms with E-state index in [4.69, 9.17) is 23.2 Å². The summed E-state index contributed by atoms with van der Waals surface area (Å²) in [5.41, 5.74) is 1.11. The Hall–Kier alpha value is -0.500. The van der Waals surface area contributed by atoms with Gasteiger partial charge in [-0.3, -0.25) is 0 Å². The number of hydrogen-bond acceptors (Lipinski definition) is 1. The zero-order valence-electron chi connectivity index (χ0n) is 9.05. The van der Waals surface area contributed by atoms with Crippen molar-refractivity contribution in [2.75, 3.05) is 0 Å². The molecule has 1 aliphatic carbocycles. The van der Waals surface area contributed by atoms with Crippen LogP contribution in [0.3, 0.4) is 0 Å². The van der Waals surface area contributed by atoms with Gasteiger partial charge in [-0.2, -0.15) is 0 Å². The number of allylic oxidation sites excluding steroid dienone is 1. The van der Waals surface area contributed by atoms with E-state index in [1.54, 1.807) is 6.07 Å². The van der Waals surface area contributed by atoms with Gasteiger partial charge in [0.2, 0.25) is 0 Å². The molecule has 2 rings (SSSR count). The summed E-state index contributed by atoms with van der Waals surface area (Å²) in [6.45, 7) is 0.814. The highest BCUT2D eigenvalue weighted by Crippen LogP contribution is 2.21. The van der Waals surface area contributed by atoms with Crippen LogP contribution in [0.15, 0.2) is 30.4 Å². The van der Waals surface area contributed by atoms with Crippen LogP contribution in [0.25, 0.3) is 0 Å². The molecule has 0 saturated carbocycles. The van der Waals surface area contributed by atoms with Gasteiger partial charge in [0, 0.05) is 22.6 Å². The Kier molecular flexibility index (Phi) is 4.28. The third-order valence-electron chi connectivity index (χ3n) is 2.87. The van der Waals surface area contributed by atoms with Gasteiger partial charge in [0.05, 0.1) is 0 Å². The molecule has 86 valence electrons. The van der Waals surface area contributed by atoms with Crippen LogP contribution in [0.2, 0.25) is 10.0 Å². The van der Waals surface area contributed by atoms with E-state index in [9.17, 15) is 0 Å². The second-order valence-corrected chi connectivity index (χ2v) is 4.94. The first-order chi connectivity index (χ1) is 7.75. The van der Waals surface area contributed by atoms with Crippen LogP contribution in [0.4, 0.5) is 0 Å². The lowest BCUT2D eigenvalue weighted by Crippen LogP contribution is -2.29. The van der Waals surface area contributed by atoms with Crippen molar-refractivity contribution in [3.63, 3.8) is 0 Å². The minimum absolute atomic E-state index is 0.580. The first-order valence-corrected chi connectivity index (χ1v) is 6.33. The Bertz CT molecular complexity index is 388. The summed E-state index contributed by atoms with van der Waals surface area (Å²) >= 11 is 12.0. The van der Waals surface area contributed by atoms with E-state index in [1.807, 2.05) is 12.1 Å². The lowest BCUT2D eigenvalue weighted by Gasteiger charge is -2.19. The van der Waals surface area contributed by atoms with Crippen LogP contribution < -0.4 is 5.32 Å². The number of benzene rings is 1. The molecule has 0 bridgehead atoms. The highest BCUT2D eigenvalue weighted by molar-refractivity contribution is 6.35. The number of hydrogen-bond donors (Lipinski definition) is 1. The summed E-state index contributed by atoms with van der Waals surface area (Å²) < 4.78 is 0. The van der Waals surface area contributed by atoms with Crippen molar-refractivity contribution in [3.8, 4) is 0 Å². The summed E-state index contributed by atoms with van der Waals surface area (Å²) in [4.78, 5) is 0. The molecule has 0 heterocycles. The van der Waals surface area contributed by atoms with Crippen molar-refractivity contribution < 1.29 is 0 Å². The Balaban J connectivity index is 1.91. The number of halogens is 2. The molecule has 0 aromatic heterocycles. The first kappa shape index (κ1) is 12.0. The minimum Gasteiger partial charge on any atom is -0.310 e. The maximum Gasteiger partial charge on any atom is 0.0465 e. The molecule has 0 fully saturated rings.